The molecule has 0 spiro atoms. The summed E-state index contributed by atoms with van der Waals surface area (Å²) < 4.78 is 55.2. The summed E-state index contributed by atoms with van der Waals surface area (Å²) in [4.78, 5) is 16.8. The Labute approximate surface area is 174 Å². The number of carbonyl (C=O) groups is 1. The van der Waals surface area contributed by atoms with Crippen molar-refractivity contribution < 1.29 is 22.0 Å². The molecular formula is C22H22F2N2O3S. The zero-order valence-electron chi connectivity index (χ0n) is 16.5. The quantitative estimate of drug-likeness (QED) is 0.676. The van der Waals surface area contributed by atoms with Gasteiger partial charge in [0.1, 0.15) is 11.5 Å². The highest BCUT2D eigenvalue weighted by molar-refractivity contribution is 7.92. The number of sulfonamides is 1. The molecule has 8 heteroatoms. The molecule has 1 aromatic carbocycles. The summed E-state index contributed by atoms with van der Waals surface area (Å²) in [5.74, 6) is -1.97. The molecule has 158 valence electrons. The third-order valence-corrected chi connectivity index (χ3v) is 6.72. The van der Waals surface area contributed by atoms with Gasteiger partial charge in [0, 0.05) is 30.0 Å². The summed E-state index contributed by atoms with van der Waals surface area (Å²) in [5, 5.41) is 0. The SMILES string of the molecule is CCCS(=O)(=O)Nc1c(F)cc(-c2cc(CC(=O)C3CC3)nc3c2C=CC3)cc1F. The zero-order valence-corrected chi connectivity index (χ0v) is 17.4. The van der Waals surface area contributed by atoms with Crippen LogP contribution in [0.15, 0.2) is 24.3 Å². The van der Waals surface area contributed by atoms with Gasteiger partial charge in [-0.1, -0.05) is 19.1 Å². The number of hydrogen-bond acceptors (Lipinski definition) is 4. The number of anilines is 1. The molecule has 30 heavy (non-hydrogen) atoms. The molecule has 2 aromatic rings. The van der Waals surface area contributed by atoms with Crippen LogP contribution in [0.4, 0.5) is 14.5 Å². The van der Waals surface area contributed by atoms with Gasteiger partial charge in [-0.15, -0.1) is 0 Å². The molecule has 4 rings (SSSR count). The fourth-order valence-electron chi connectivity index (χ4n) is 3.65. The minimum absolute atomic E-state index is 0.104. The third-order valence-electron chi connectivity index (χ3n) is 5.26. The molecule has 0 aliphatic heterocycles. The van der Waals surface area contributed by atoms with Crippen LogP contribution in [-0.4, -0.2) is 24.9 Å². The number of nitrogens with zero attached hydrogens (tertiary/aromatic N) is 1. The van der Waals surface area contributed by atoms with Crippen molar-refractivity contribution in [1.82, 2.24) is 4.98 Å². The van der Waals surface area contributed by atoms with Crippen LogP contribution in [0.5, 0.6) is 0 Å². The van der Waals surface area contributed by atoms with E-state index in [1.54, 1.807) is 13.0 Å². The second kappa shape index (κ2) is 7.91. The molecule has 1 fully saturated rings. The summed E-state index contributed by atoms with van der Waals surface area (Å²) in [6.45, 7) is 1.66. The van der Waals surface area contributed by atoms with E-state index < -0.39 is 27.3 Å². The van der Waals surface area contributed by atoms with Gasteiger partial charge in [-0.25, -0.2) is 17.2 Å². The highest BCUT2D eigenvalue weighted by Gasteiger charge is 2.30. The van der Waals surface area contributed by atoms with E-state index in [4.69, 9.17) is 0 Å². The first-order valence-corrected chi connectivity index (χ1v) is 11.6. The van der Waals surface area contributed by atoms with E-state index >= 15 is 0 Å². The fourth-order valence-corrected chi connectivity index (χ4v) is 4.80. The van der Waals surface area contributed by atoms with Gasteiger partial charge in [0.15, 0.2) is 11.6 Å². The van der Waals surface area contributed by atoms with Crippen LogP contribution in [0.2, 0.25) is 0 Å². The Hall–Kier alpha value is -2.61. The Morgan fingerprint density at radius 1 is 1.20 bits per heavy atom. The number of pyridine rings is 1. The van der Waals surface area contributed by atoms with Crippen LogP contribution in [0.25, 0.3) is 17.2 Å². The normalized spacial score (nSPS) is 15.3. The molecule has 0 saturated heterocycles. The maximum atomic E-state index is 14.7. The first kappa shape index (κ1) is 20.7. The number of allylic oxidation sites excluding steroid dienone is 1. The van der Waals surface area contributed by atoms with Gasteiger partial charge >= 0.3 is 0 Å². The summed E-state index contributed by atoms with van der Waals surface area (Å²) in [6.07, 6.45) is 6.69. The predicted molar refractivity (Wildman–Crippen MR) is 111 cm³/mol. The number of Topliss-reactive ketones (excluding diaryl/α,β-unsaturated/α-hetero) is 1. The standard InChI is InChI=1S/C22H22F2N2O3S/c1-2-8-30(28,29)26-22-18(23)9-14(10-19(22)24)17-11-15(12-21(27)13-6-7-13)25-20-5-3-4-16(17)20/h3-4,9-11,13,26H,2,5-8,12H2,1H3. The largest absolute Gasteiger partial charge is 0.299 e. The van der Waals surface area contributed by atoms with Crippen molar-refractivity contribution in [2.45, 2.75) is 39.0 Å². The number of hydrogen-bond donors (Lipinski definition) is 1. The van der Waals surface area contributed by atoms with Gasteiger partial charge in [0.05, 0.1) is 11.4 Å². The highest BCUT2D eigenvalue weighted by atomic mass is 32.2. The van der Waals surface area contributed by atoms with E-state index in [0.29, 0.717) is 24.1 Å². The van der Waals surface area contributed by atoms with Crippen LogP contribution >= 0.6 is 0 Å². The minimum atomic E-state index is -3.83. The first-order valence-electron chi connectivity index (χ1n) is 9.99. The number of benzene rings is 1. The highest BCUT2D eigenvalue weighted by Crippen LogP contribution is 2.36. The predicted octanol–water partition coefficient (Wildman–Crippen LogP) is 4.27. The van der Waals surface area contributed by atoms with E-state index in [1.165, 1.54) is 0 Å². The smallest absolute Gasteiger partial charge is 0.232 e. The second-order valence-corrected chi connectivity index (χ2v) is 9.62. The lowest BCUT2D eigenvalue weighted by molar-refractivity contribution is -0.119. The Morgan fingerprint density at radius 3 is 2.53 bits per heavy atom. The molecule has 1 heterocycles. The molecule has 1 N–H and O–H groups in total. The summed E-state index contributed by atoms with van der Waals surface area (Å²) >= 11 is 0. The van der Waals surface area contributed by atoms with Crippen LogP contribution in [0.3, 0.4) is 0 Å². The second-order valence-electron chi connectivity index (χ2n) is 7.78. The first-order chi connectivity index (χ1) is 14.3. The lowest BCUT2D eigenvalue weighted by Crippen LogP contribution is -2.18. The number of rotatable bonds is 8. The lowest BCUT2D eigenvalue weighted by atomic mass is 9.97. The number of halogens is 2. The molecule has 0 atom stereocenters. The van der Waals surface area contributed by atoms with Crippen molar-refractivity contribution in [2.75, 3.05) is 10.5 Å². The van der Waals surface area contributed by atoms with Gasteiger partial charge < -0.3 is 0 Å². The molecule has 5 nitrogen and oxygen atoms in total. The van der Waals surface area contributed by atoms with Crippen LogP contribution in [-0.2, 0) is 27.7 Å². The number of aromatic nitrogens is 1. The van der Waals surface area contributed by atoms with Crippen molar-refractivity contribution in [3.05, 3.63) is 52.9 Å². The maximum absolute atomic E-state index is 14.7. The molecule has 0 bridgehead atoms. The molecule has 0 unspecified atom stereocenters. The van der Waals surface area contributed by atoms with Gasteiger partial charge in [-0.05, 0) is 48.6 Å². The molecule has 0 amide bonds. The molecule has 1 saturated carbocycles. The average Bonchev–Trinajstić information content (AvgIpc) is 3.42. The number of nitrogens with one attached hydrogen (secondary N) is 1. The Kier molecular flexibility index (Phi) is 5.44. The summed E-state index contributed by atoms with van der Waals surface area (Å²) in [5.41, 5.74) is 2.27. The molecule has 2 aliphatic carbocycles. The van der Waals surface area contributed by atoms with Crippen molar-refractivity contribution in [1.29, 1.82) is 0 Å². The average molecular weight is 432 g/mol. The molecule has 1 aromatic heterocycles. The van der Waals surface area contributed by atoms with Gasteiger partial charge in [0.2, 0.25) is 10.0 Å². The third kappa shape index (κ3) is 4.28. The minimum Gasteiger partial charge on any atom is -0.299 e. The van der Waals surface area contributed by atoms with E-state index in [2.05, 4.69) is 4.98 Å². The van der Waals surface area contributed by atoms with E-state index in [9.17, 15) is 22.0 Å². The zero-order chi connectivity index (χ0) is 21.5. The van der Waals surface area contributed by atoms with Gasteiger partial charge in [-0.2, -0.15) is 0 Å². The Balaban J connectivity index is 1.72. The molecular weight excluding hydrogens is 410 g/mol. The van der Waals surface area contributed by atoms with Gasteiger partial charge in [0.25, 0.3) is 0 Å². The van der Waals surface area contributed by atoms with Crippen molar-refractivity contribution in [3.63, 3.8) is 0 Å². The topological polar surface area (TPSA) is 76.1 Å². The van der Waals surface area contributed by atoms with E-state index in [1.807, 2.05) is 16.9 Å². The number of carbonyl (C=O) groups excluding carboxylic acids is 1. The molecule has 0 radical (unpaired) electrons. The maximum Gasteiger partial charge on any atom is 0.232 e. The summed E-state index contributed by atoms with van der Waals surface area (Å²) in [6, 6.07) is 3.92. The lowest BCUT2D eigenvalue weighted by Gasteiger charge is -2.14. The van der Waals surface area contributed by atoms with Crippen molar-refractivity contribution in [2.24, 2.45) is 5.92 Å². The van der Waals surface area contributed by atoms with E-state index in [0.717, 1.165) is 36.2 Å². The Morgan fingerprint density at radius 2 is 1.90 bits per heavy atom. The number of fused-ring (bicyclic) bond motifs is 1. The molecule has 2 aliphatic rings. The van der Waals surface area contributed by atoms with Crippen molar-refractivity contribution in [3.8, 4) is 11.1 Å². The van der Waals surface area contributed by atoms with E-state index in [-0.39, 0.29) is 29.4 Å². The monoisotopic (exact) mass is 432 g/mol. The fraction of sp³-hybridized carbons (Fsp3) is 0.364. The van der Waals surface area contributed by atoms with Crippen LogP contribution in [0, 0.1) is 17.6 Å². The van der Waals surface area contributed by atoms with Crippen LogP contribution < -0.4 is 4.72 Å². The van der Waals surface area contributed by atoms with Crippen molar-refractivity contribution >= 4 is 27.6 Å². The van der Waals surface area contributed by atoms with Crippen LogP contribution in [0.1, 0.15) is 43.1 Å². The van der Waals surface area contributed by atoms with Gasteiger partial charge in [-0.3, -0.25) is 14.5 Å². The Bertz CT molecular complexity index is 1130. The number of ketones is 1. The summed E-state index contributed by atoms with van der Waals surface area (Å²) in [7, 11) is -3.83.